The third-order valence-corrected chi connectivity index (χ3v) is 3.95. The normalized spacial score (nSPS) is 16.9. The van der Waals surface area contributed by atoms with Gasteiger partial charge < -0.3 is 10.1 Å². The van der Waals surface area contributed by atoms with Crippen LogP contribution in [0.2, 0.25) is 5.02 Å². The van der Waals surface area contributed by atoms with Crippen molar-refractivity contribution < 1.29 is 22.7 Å². The summed E-state index contributed by atoms with van der Waals surface area (Å²) in [7, 11) is 1.45. The van der Waals surface area contributed by atoms with E-state index in [4.69, 9.17) is 16.3 Å². The number of nitrogens with one attached hydrogen (secondary N) is 1. The molecular formula is C16H11ClF3NO2. The number of hydrogen-bond acceptors (Lipinski definition) is 2. The highest BCUT2D eigenvalue weighted by Gasteiger charge is 2.37. The summed E-state index contributed by atoms with van der Waals surface area (Å²) in [5, 5.41) is 2.90. The van der Waals surface area contributed by atoms with E-state index in [0.29, 0.717) is 21.9 Å². The molecule has 0 aliphatic carbocycles. The maximum absolute atomic E-state index is 12.8. The van der Waals surface area contributed by atoms with Gasteiger partial charge in [0.05, 0.1) is 18.6 Å². The van der Waals surface area contributed by atoms with Gasteiger partial charge in [-0.3, -0.25) is 4.79 Å². The maximum atomic E-state index is 12.8. The molecule has 1 aliphatic heterocycles. The lowest BCUT2D eigenvalue weighted by Crippen LogP contribution is -2.14. The first-order valence-electron chi connectivity index (χ1n) is 6.66. The van der Waals surface area contributed by atoms with Gasteiger partial charge in [0.2, 0.25) is 5.91 Å². The number of fused-ring (bicyclic) bond motifs is 1. The first-order chi connectivity index (χ1) is 10.8. The van der Waals surface area contributed by atoms with Gasteiger partial charge in [0.25, 0.3) is 0 Å². The average molecular weight is 342 g/mol. The number of rotatable bonds is 2. The molecule has 7 heteroatoms. The van der Waals surface area contributed by atoms with Crippen molar-refractivity contribution in [1.29, 1.82) is 0 Å². The van der Waals surface area contributed by atoms with Gasteiger partial charge in [0, 0.05) is 16.3 Å². The number of carbonyl (C=O) groups excluding carboxylic acids is 1. The van der Waals surface area contributed by atoms with E-state index in [1.807, 2.05) is 0 Å². The monoisotopic (exact) mass is 341 g/mol. The third-order valence-electron chi connectivity index (χ3n) is 3.71. The molecule has 1 amide bonds. The van der Waals surface area contributed by atoms with Crippen molar-refractivity contribution in [3.05, 3.63) is 58.1 Å². The van der Waals surface area contributed by atoms with Crippen molar-refractivity contribution in [3.8, 4) is 5.75 Å². The Kier molecular flexibility index (Phi) is 3.72. The largest absolute Gasteiger partial charge is 0.496 e. The van der Waals surface area contributed by atoms with Gasteiger partial charge in [-0.05, 0) is 35.9 Å². The lowest BCUT2D eigenvalue weighted by atomic mass is 9.91. The van der Waals surface area contributed by atoms with Crippen LogP contribution in [0.1, 0.15) is 22.6 Å². The van der Waals surface area contributed by atoms with Gasteiger partial charge in [-0.25, -0.2) is 0 Å². The van der Waals surface area contributed by atoms with Crippen LogP contribution in [0.15, 0.2) is 36.4 Å². The van der Waals surface area contributed by atoms with Gasteiger partial charge in [-0.2, -0.15) is 13.2 Å². The third kappa shape index (κ3) is 2.74. The summed E-state index contributed by atoms with van der Waals surface area (Å²) in [4.78, 5) is 12.3. The summed E-state index contributed by atoms with van der Waals surface area (Å²) in [5.74, 6) is -0.733. The fourth-order valence-electron chi connectivity index (χ4n) is 2.68. The van der Waals surface area contributed by atoms with Crippen molar-refractivity contribution in [3.63, 3.8) is 0 Å². The summed E-state index contributed by atoms with van der Waals surface area (Å²) in [5.41, 5.74) is 0.312. The molecule has 1 N–H and O–H groups in total. The Morgan fingerprint density at radius 1 is 1.13 bits per heavy atom. The Morgan fingerprint density at radius 3 is 2.52 bits per heavy atom. The van der Waals surface area contributed by atoms with Gasteiger partial charge in [0.15, 0.2) is 0 Å². The quantitative estimate of drug-likeness (QED) is 0.876. The van der Waals surface area contributed by atoms with Crippen LogP contribution in [0.25, 0.3) is 0 Å². The summed E-state index contributed by atoms with van der Waals surface area (Å²) in [6.45, 7) is 0. The molecule has 0 unspecified atom stereocenters. The summed E-state index contributed by atoms with van der Waals surface area (Å²) in [6.07, 6.45) is -4.47. The zero-order valence-corrected chi connectivity index (χ0v) is 12.6. The van der Waals surface area contributed by atoms with E-state index in [1.165, 1.54) is 13.2 Å². The molecule has 23 heavy (non-hydrogen) atoms. The lowest BCUT2D eigenvalue weighted by molar-refractivity contribution is -0.137. The second-order valence-corrected chi connectivity index (χ2v) is 5.54. The Morgan fingerprint density at radius 2 is 1.87 bits per heavy atom. The molecule has 120 valence electrons. The number of halogens is 4. The molecule has 1 aliphatic rings. The van der Waals surface area contributed by atoms with E-state index in [0.717, 1.165) is 12.1 Å². The van der Waals surface area contributed by atoms with Crippen LogP contribution in [0, 0.1) is 0 Å². The molecule has 0 saturated carbocycles. The Labute approximate surface area is 135 Å². The highest BCUT2D eigenvalue weighted by atomic mass is 35.5. The van der Waals surface area contributed by atoms with Crippen molar-refractivity contribution in [2.75, 3.05) is 12.4 Å². The van der Waals surface area contributed by atoms with Crippen molar-refractivity contribution in [2.45, 2.75) is 12.1 Å². The molecule has 3 rings (SSSR count). The molecule has 0 spiro atoms. The van der Waals surface area contributed by atoms with Crippen LogP contribution in [0.3, 0.4) is 0 Å². The number of ether oxygens (including phenoxy) is 1. The van der Waals surface area contributed by atoms with Gasteiger partial charge in [-0.1, -0.05) is 17.7 Å². The van der Waals surface area contributed by atoms with Crippen molar-refractivity contribution >= 4 is 23.2 Å². The molecular weight excluding hydrogens is 331 g/mol. The van der Waals surface area contributed by atoms with Crippen molar-refractivity contribution in [2.24, 2.45) is 0 Å². The SMILES string of the molecule is COc1ccc(Cl)cc1[C@@H]1C(=O)Nc2cc(C(F)(F)F)ccc21. The van der Waals surface area contributed by atoms with E-state index >= 15 is 0 Å². The number of alkyl halides is 3. The highest BCUT2D eigenvalue weighted by molar-refractivity contribution is 6.30. The molecule has 0 bridgehead atoms. The average Bonchev–Trinajstić information content (AvgIpc) is 2.81. The van der Waals surface area contributed by atoms with Crippen LogP contribution in [0.5, 0.6) is 5.75 Å². The minimum atomic E-state index is -4.47. The summed E-state index contributed by atoms with van der Waals surface area (Å²) < 4.78 is 43.6. The molecule has 0 saturated heterocycles. The molecule has 2 aromatic rings. The van der Waals surface area contributed by atoms with Gasteiger partial charge in [-0.15, -0.1) is 0 Å². The summed E-state index contributed by atoms with van der Waals surface area (Å²) in [6, 6.07) is 8.02. The number of benzene rings is 2. The molecule has 0 aromatic heterocycles. The highest BCUT2D eigenvalue weighted by Crippen LogP contribution is 2.43. The van der Waals surface area contributed by atoms with E-state index in [2.05, 4.69) is 5.32 Å². The minimum Gasteiger partial charge on any atom is -0.496 e. The van der Waals surface area contributed by atoms with Crippen LogP contribution in [0.4, 0.5) is 18.9 Å². The molecule has 1 atom stereocenters. The first-order valence-corrected chi connectivity index (χ1v) is 7.04. The van der Waals surface area contributed by atoms with Crippen LogP contribution in [-0.4, -0.2) is 13.0 Å². The number of anilines is 1. The predicted octanol–water partition coefficient (Wildman–Crippen LogP) is 4.45. The van der Waals surface area contributed by atoms with Crippen molar-refractivity contribution in [1.82, 2.24) is 0 Å². The van der Waals surface area contributed by atoms with Crippen LogP contribution >= 0.6 is 11.6 Å². The molecule has 1 heterocycles. The van der Waals surface area contributed by atoms with Crippen LogP contribution < -0.4 is 10.1 Å². The number of hydrogen-bond donors (Lipinski definition) is 1. The second-order valence-electron chi connectivity index (χ2n) is 5.11. The van der Waals surface area contributed by atoms with E-state index in [-0.39, 0.29) is 5.69 Å². The standard InChI is InChI=1S/C16H11ClF3NO2/c1-23-13-5-3-9(17)7-11(13)14-10-4-2-8(16(18,19)20)6-12(10)21-15(14)22/h2-7,14H,1H3,(H,21,22)/t14-/m1/s1. The summed E-state index contributed by atoms with van der Waals surface area (Å²) >= 11 is 5.98. The topological polar surface area (TPSA) is 38.3 Å². The minimum absolute atomic E-state index is 0.150. The second kappa shape index (κ2) is 5.45. The van der Waals surface area contributed by atoms with E-state index in [9.17, 15) is 18.0 Å². The van der Waals surface area contributed by atoms with E-state index in [1.54, 1.807) is 18.2 Å². The fraction of sp³-hybridized carbons (Fsp3) is 0.188. The zero-order chi connectivity index (χ0) is 16.8. The Hall–Kier alpha value is -2.21. The zero-order valence-electron chi connectivity index (χ0n) is 11.9. The molecule has 0 fully saturated rings. The first kappa shape index (κ1) is 15.7. The Balaban J connectivity index is 2.12. The maximum Gasteiger partial charge on any atom is 0.416 e. The van der Waals surface area contributed by atoms with E-state index < -0.39 is 23.6 Å². The fourth-order valence-corrected chi connectivity index (χ4v) is 2.86. The van der Waals surface area contributed by atoms with Gasteiger partial charge >= 0.3 is 6.18 Å². The molecule has 2 aromatic carbocycles. The van der Waals surface area contributed by atoms with Crippen LogP contribution in [-0.2, 0) is 11.0 Å². The smallest absolute Gasteiger partial charge is 0.416 e. The lowest BCUT2D eigenvalue weighted by Gasteiger charge is -2.15. The molecule has 0 radical (unpaired) electrons. The number of amides is 1. The molecule has 3 nitrogen and oxygen atoms in total. The number of methoxy groups -OCH3 is 1. The Bertz CT molecular complexity index is 789. The predicted molar refractivity (Wildman–Crippen MR) is 79.9 cm³/mol. The number of carbonyl (C=O) groups is 1. The van der Waals surface area contributed by atoms with Gasteiger partial charge in [0.1, 0.15) is 5.75 Å².